The average molecular weight is 671 g/mol. The van der Waals surface area contributed by atoms with Gasteiger partial charge in [0.05, 0.1) is 0 Å². The molecule has 0 saturated carbocycles. The highest BCUT2D eigenvalue weighted by Crippen LogP contribution is 2.53. The molecule has 0 heterocycles. The second kappa shape index (κ2) is 11.1. The molecule has 250 valence electrons. The molecule has 2 aliphatic carbocycles. The molecule has 0 bridgehead atoms. The highest BCUT2D eigenvalue weighted by atomic mass is 19.1. The van der Waals surface area contributed by atoms with E-state index in [1.54, 1.807) is 0 Å². The van der Waals surface area contributed by atoms with Crippen molar-refractivity contribution < 1.29 is 4.39 Å². The first-order valence-corrected chi connectivity index (χ1v) is 18.4. The van der Waals surface area contributed by atoms with Gasteiger partial charge in [-0.3, -0.25) is 0 Å². The fourth-order valence-corrected chi connectivity index (χ4v) is 9.50. The molecule has 0 unspecified atom stereocenters. The number of halogens is 1. The van der Waals surface area contributed by atoms with Crippen LogP contribution in [-0.2, 0) is 17.5 Å². The van der Waals surface area contributed by atoms with Gasteiger partial charge in [0.15, 0.2) is 0 Å². The molecule has 0 radical (unpaired) electrons. The normalized spacial score (nSPS) is 14.6. The summed E-state index contributed by atoms with van der Waals surface area (Å²) in [6.45, 7) is 8.91. The molecule has 0 fully saturated rings. The predicted molar refractivity (Wildman–Crippen MR) is 218 cm³/mol. The van der Waals surface area contributed by atoms with Crippen LogP contribution in [-0.4, -0.2) is 0 Å². The Hall–Kier alpha value is -5.79. The molecule has 8 aromatic rings. The zero-order chi connectivity index (χ0) is 35.4. The molecule has 0 nitrogen and oxygen atoms in total. The number of fused-ring (bicyclic) bond motifs is 8. The summed E-state index contributed by atoms with van der Waals surface area (Å²) in [6, 6.07) is 55.7. The Bertz CT molecular complexity index is 2760. The van der Waals surface area contributed by atoms with Gasteiger partial charge in [-0.2, -0.15) is 0 Å². The lowest BCUT2D eigenvalue weighted by molar-refractivity contribution is 0.485. The molecule has 8 aromatic carbocycles. The van der Waals surface area contributed by atoms with E-state index in [1.165, 1.54) is 93.9 Å². The third-order valence-corrected chi connectivity index (χ3v) is 12.2. The maximum atomic E-state index is 13.7. The van der Waals surface area contributed by atoms with E-state index in [0.717, 1.165) is 5.56 Å². The first-order valence-electron chi connectivity index (χ1n) is 18.4. The molecule has 0 N–H and O–H groups in total. The van der Waals surface area contributed by atoms with Crippen molar-refractivity contribution in [1.29, 1.82) is 0 Å². The van der Waals surface area contributed by atoms with Gasteiger partial charge in [0.1, 0.15) is 6.67 Å². The van der Waals surface area contributed by atoms with Crippen molar-refractivity contribution in [2.24, 2.45) is 0 Å². The van der Waals surface area contributed by atoms with Crippen molar-refractivity contribution in [3.05, 3.63) is 179 Å². The van der Waals surface area contributed by atoms with E-state index >= 15 is 0 Å². The Kier molecular flexibility index (Phi) is 6.62. The van der Waals surface area contributed by atoms with Crippen LogP contribution in [0.4, 0.5) is 4.39 Å². The van der Waals surface area contributed by atoms with Crippen LogP contribution in [0.5, 0.6) is 0 Å². The number of alkyl halides is 1. The lowest BCUT2D eigenvalue weighted by Gasteiger charge is -2.23. The third-order valence-electron chi connectivity index (χ3n) is 12.2. The van der Waals surface area contributed by atoms with E-state index in [-0.39, 0.29) is 10.8 Å². The summed E-state index contributed by atoms with van der Waals surface area (Å²) in [5.41, 5.74) is 18.6. The zero-order valence-corrected chi connectivity index (χ0v) is 30.0. The molecule has 0 atom stereocenters. The van der Waals surface area contributed by atoms with Crippen LogP contribution < -0.4 is 0 Å². The van der Waals surface area contributed by atoms with Crippen LogP contribution in [0.15, 0.2) is 152 Å². The molecular weight excluding hydrogens is 632 g/mol. The van der Waals surface area contributed by atoms with E-state index in [9.17, 15) is 4.39 Å². The van der Waals surface area contributed by atoms with Gasteiger partial charge in [0.2, 0.25) is 0 Å². The Labute approximate surface area is 305 Å². The molecule has 0 saturated heterocycles. The number of hydrogen-bond donors (Lipinski definition) is 0. The summed E-state index contributed by atoms with van der Waals surface area (Å²) in [4.78, 5) is 0. The molecule has 0 aromatic heterocycles. The second-order valence-corrected chi connectivity index (χ2v) is 15.7. The fraction of sp³-hybridized carbons (Fsp3) is 0.137. The maximum Gasteiger partial charge on any atom is 0.115 e. The topological polar surface area (TPSA) is 0 Å². The summed E-state index contributed by atoms with van der Waals surface area (Å²) >= 11 is 0. The zero-order valence-electron chi connectivity index (χ0n) is 30.0. The van der Waals surface area contributed by atoms with E-state index in [0.29, 0.717) is 5.56 Å². The van der Waals surface area contributed by atoms with E-state index in [1.807, 2.05) is 12.1 Å². The van der Waals surface area contributed by atoms with Crippen molar-refractivity contribution in [2.45, 2.75) is 45.2 Å². The lowest BCUT2D eigenvalue weighted by Crippen LogP contribution is -2.14. The first-order chi connectivity index (χ1) is 25.3. The molecule has 10 rings (SSSR count). The summed E-state index contributed by atoms with van der Waals surface area (Å²) in [6.07, 6.45) is 0. The quantitative estimate of drug-likeness (QED) is 0.164. The van der Waals surface area contributed by atoms with Crippen LogP contribution in [0.2, 0.25) is 0 Å². The van der Waals surface area contributed by atoms with E-state index in [4.69, 9.17) is 0 Å². The van der Waals surface area contributed by atoms with Crippen molar-refractivity contribution in [3.63, 3.8) is 0 Å². The van der Waals surface area contributed by atoms with Gasteiger partial charge in [-0.15, -0.1) is 0 Å². The molecule has 0 amide bonds. The van der Waals surface area contributed by atoms with Crippen molar-refractivity contribution in [2.75, 3.05) is 0 Å². The van der Waals surface area contributed by atoms with Crippen LogP contribution in [0.25, 0.3) is 77.2 Å². The Morgan fingerprint density at radius 3 is 1.54 bits per heavy atom. The maximum absolute atomic E-state index is 13.7. The highest BCUT2D eigenvalue weighted by molar-refractivity contribution is 6.22. The predicted octanol–water partition coefficient (Wildman–Crippen LogP) is 14.1. The van der Waals surface area contributed by atoms with Crippen LogP contribution in [0.3, 0.4) is 0 Å². The van der Waals surface area contributed by atoms with Gasteiger partial charge in [0, 0.05) is 10.8 Å². The Balaban J connectivity index is 1.25. The standard InChI is InChI=1S/C51H39F/c1-50(2)45-16-10-8-12-37(45)42-28-35(23-26-46(42)50)49-40-14-6-5-13-39(40)48(32-19-17-31(30-52)18-20-32)41-25-22-33(27-43(41)49)34-21-24-38-36-11-7-9-15-44(36)51(3,4)47(38)29-34/h5-29H,30H2,1-4H3. The van der Waals surface area contributed by atoms with E-state index in [2.05, 4.69) is 167 Å². The van der Waals surface area contributed by atoms with Gasteiger partial charge >= 0.3 is 0 Å². The van der Waals surface area contributed by atoms with Crippen molar-refractivity contribution in [1.82, 2.24) is 0 Å². The molecule has 1 heteroatoms. The van der Waals surface area contributed by atoms with Crippen LogP contribution >= 0.6 is 0 Å². The van der Waals surface area contributed by atoms with Gasteiger partial charge in [-0.25, -0.2) is 4.39 Å². The van der Waals surface area contributed by atoms with E-state index < -0.39 is 6.67 Å². The van der Waals surface area contributed by atoms with Gasteiger partial charge in [-0.1, -0.05) is 161 Å². The minimum Gasteiger partial charge on any atom is -0.246 e. The van der Waals surface area contributed by atoms with Crippen LogP contribution in [0.1, 0.15) is 55.5 Å². The third kappa shape index (κ3) is 4.32. The fourth-order valence-electron chi connectivity index (χ4n) is 9.50. The summed E-state index contributed by atoms with van der Waals surface area (Å²) in [5, 5.41) is 4.83. The summed E-state index contributed by atoms with van der Waals surface area (Å²) in [5.74, 6) is 0. The second-order valence-electron chi connectivity index (χ2n) is 15.7. The number of benzene rings is 8. The largest absolute Gasteiger partial charge is 0.246 e. The monoisotopic (exact) mass is 670 g/mol. The Morgan fingerprint density at radius 1 is 0.365 bits per heavy atom. The lowest BCUT2D eigenvalue weighted by atomic mass is 9.80. The molecule has 0 aliphatic heterocycles. The summed E-state index contributed by atoms with van der Waals surface area (Å²) < 4.78 is 13.7. The van der Waals surface area contributed by atoms with Gasteiger partial charge in [-0.05, 0) is 123 Å². The smallest absolute Gasteiger partial charge is 0.115 e. The Morgan fingerprint density at radius 2 is 0.846 bits per heavy atom. The average Bonchev–Trinajstić information content (AvgIpc) is 3.55. The number of hydrogen-bond acceptors (Lipinski definition) is 0. The summed E-state index contributed by atoms with van der Waals surface area (Å²) in [7, 11) is 0. The highest BCUT2D eigenvalue weighted by Gasteiger charge is 2.36. The number of rotatable bonds is 4. The minimum atomic E-state index is -0.467. The van der Waals surface area contributed by atoms with Gasteiger partial charge in [0.25, 0.3) is 0 Å². The molecular formula is C51H39F. The molecule has 2 aliphatic rings. The first kappa shape index (κ1) is 31.0. The van der Waals surface area contributed by atoms with Crippen LogP contribution in [0, 0.1) is 0 Å². The van der Waals surface area contributed by atoms with Gasteiger partial charge < -0.3 is 0 Å². The SMILES string of the molecule is CC1(C)c2ccccc2-c2cc(-c3c4ccccc4c(-c4ccc(CF)cc4)c4ccc(-c5ccc6c(c5)C(C)(C)c5ccccc5-6)cc34)ccc21. The molecule has 0 spiro atoms. The molecule has 52 heavy (non-hydrogen) atoms. The van der Waals surface area contributed by atoms with Crippen molar-refractivity contribution >= 4 is 21.5 Å². The van der Waals surface area contributed by atoms with Crippen molar-refractivity contribution in [3.8, 4) is 55.6 Å². The minimum absolute atomic E-state index is 0.0571.